The van der Waals surface area contributed by atoms with Gasteiger partial charge in [0.25, 0.3) is 0 Å². The number of para-hydroxylation sites is 1. The molecule has 0 unspecified atom stereocenters. The molecule has 3 heteroatoms. The number of rotatable bonds is 5. The van der Waals surface area contributed by atoms with Gasteiger partial charge in [-0.15, -0.1) is 11.3 Å². The lowest BCUT2D eigenvalue weighted by atomic mass is 9.99. The molecule has 0 aliphatic heterocycles. The van der Waals surface area contributed by atoms with Gasteiger partial charge in [0.15, 0.2) is 0 Å². The summed E-state index contributed by atoms with van der Waals surface area (Å²) in [6.45, 7) is 0. The molecule has 0 amide bonds. The lowest BCUT2D eigenvalue weighted by Gasteiger charge is -2.27. The van der Waals surface area contributed by atoms with E-state index in [1.807, 2.05) is 11.3 Å². The van der Waals surface area contributed by atoms with Crippen molar-refractivity contribution in [2.24, 2.45) is 0 Å². The predicted molar refractivity (Wildman–Crippen MR) is 227 cm³/mol. The Labute approximate surface area is 310 Å². The van der Waals surface area contributed by atoms with Crippen molar-refractivity contribution in [2.75, 3.05) is 4.90 Å². The largest absolute Gasteiger partial charge is 0.455 e. The van der Waals surface area contributed by atoms with Gasteiger partial charge in [-0.05, 0) is 74.6 Å². The predicted octanol–water partition coefficient (Wildman–Crippen LogP) is 15.1. The molecule has 0 radical (unpaired) electrons. The number of hydrogen-bond donors (Lipinski definition) is 0. The van der Waals surface area contributed by atoms with Gasteiger partial charge in [-0.2, -0.15) is 0 Å². The van der Waals surface area contributed by atoms with Gasteiger partial charge in [-0.1, -0.05) is 146 Å². The van der Waals surface area contributed by atoms with Crippen LogP contribution in [0.15, 0.2) is 192 Å². The monoisotopic (exact) mass is 693 g/mol. The first-order valence-electron chi connectivity index (χ1n) is 18.0. The number of fused-ring (bicyclic) bond motifs is 9. The normalized spacial score (nSPS) is 11.8. The van der Waals surface area contributed by atoms with Crippen molar-refractivity contribution >= 4 is 92.1 Å². The lowest BCUT2D eigenvalue weighted by Crippen LogP contribution is -2.10. The van der Waals surface area contributed by atoms with E-state index in [1.54, 1.807) is 0 Å². The Morgan fingerprint density at radius 3 is 1.89 bits per heavy atom. The van der Waals surface area contributed by atoms with Crippen LogP contribution < -0.4 is 4.90 Å². The van der Waals surface area contributed by atoms with E-state index in [0.717, 1.165) is 50.1 Å². The second-order valence-corrected chi connectivity index (χ2v) is 14.7. The molecule has 248 valence electrons. The molecule has 0 aliphatic rings. The van der Waals surface area contributed by atoms with E-state index >= 15 is 0 Å². The first-order valence-corrected chi connectivity index (χ1v) is 18.8. The van der Waals surface area contributed by atoms with Crippen molar-refractivity contribution in [3.63, 3.8) is 0 Å². The molecule has 9 aromatic carbocycles. The van der Waals surface area contributed by atoms with Crippen LogP contribution in [0.4, 0.5) is 17.1 Å². The first-order chi connectivity index (χ1) is 26.3. The average Bonchev–Trinajstić information content (AvgIpc) is 3.80. The summed E-state index contributed by atoms with van der Waals surface area (Å²) in [6.07, 6.45) is 0. The number of thiophene rings is 1. The Kier molecular flexibility index (Phi) is 6.76. The van der Waals surface area contributed by atoms with E-state index in [1.165, 1.54) is 52.8 Å². The first kappa shape index (κ1) is 30.0. The summed E-state index contributed by atoms with van der Waals surface area (Å²) in [5.74, 6) is 0. The van der Waals surface area contributed by atoms with E-state index in [9.17, 15) is 0 Å². The molecular formula is C50H31NOS. The number of anilines is 3. The van der Waals surface area contributed by atoms with Gasteiger partial charge in [-0.3, -0.25) is 0 Å². The summed E-state index contributed by atoms with van der Waals surface area (Å²) < 4.78 is 9.37. The summed E-state index contributed by atoms with van der Waals surface area (Å²) in [5, 5.41) is 9.70. The van der Waals surface area contributed by atoms with Gasteiger partial charge < -0.3 is 9.32 Å². The van der Waals surface area contributed by atoms with Crippen LogP contribution in [0.3, 0.4) is 0 Å². The minimum absolute atomic E-state index is 0.866. The molecule has 53 heavy (non-hydrogen) atoms. The molecule has 11 aromatic rings. The highest BCUT2D eigenvalue weighted by atomic mass is 32.1. The minimum atomic E-state index is 0.866. The second-order valence-electron chi connectivity index (χ2n) is 13.7. The van der Waals surface area contributed by atoms with Crippen LogP contribution in [0.2, 0.25) is 0 Å². The Balaban J connectivity index is 1.19. The molecule has 0 fully saturated rings. The zero-order valence-electron chi connectivity index (χ0n) is 28.7. The molecule has 2 nitrogen and oxygen atoms in total. The maximum absolute atomic E-state index is 6.81. The van der Waals surface area contributed by atoms with Crippen LogP contribution in [0, 0.1) is 0 Å². The van der Waals surface area contributed by atoms with Crippen LogP contribution in [-0.4, -0.2) is 0 Å². The highest BCUT2D eigenvalue weighted by molar-refractivity contribution is 7.26. The fourth-order valence-corrected chi connectivity index (χ4v) is 9.44. The van der Waals surface area contributed by atoms with Gasteiger partial charge in [0.2, 0.25) is 0 Å². The average molecular weight is 694 g/mol. The van der Waals surface area contributed by atoms with E-state index in [4.69, 9.17) is 4.42 Å². The van der Waals surface area contributed by atoms with E-state index in [2.05, 4.69) is 193 Å². The van der Waals surface area contributed by atoms with Crippen LogP contribution in [0.5, 0.6) is 0 Å². The summed E-state index contributed by atoms with van der Waals surface area (Å²) in [4.78, 5) is 2.43. The summed E-state index contributed by atoms with van der Waals surface area (Å²) in [5.41, 5.74) is 9.76. The SMILES string of the molecule is c1ccc(-c2cccc3c2oc2cc(N(c4ccc5c(ccc6ccccc65)c4)c4ccc(-c5ccccc5)c5sc6ccccc6c45)ccc23)cc1. The Morgan fingerprint density at radius 2 is 1.06 bits per heavy atom. The van der Waals surface area contributed by atoms with Gasteiger partial charge in [-0.25, -0.2) is 0 Å². The summed E-state index contributed by atoms with van der Waals surface area (Å²) in [6, 6.07) is 67.9. The van der Waals surface area contributed by atoms with Gasteiger partial charge >= 0.3 is 0 Å². The maximum Gasteiger partial charge on any atom is 0.143 e. The third-order valence-electron chi connectivity index (χ3n) is 10.6. The maximum atomic E-state index is 6.81. The van der Waals surface area contributed by atoms with Gasteiger partial charge in [0.1, 0.15) is 11.2 Å². The second kappa shape index (κ2) is 11.9. The highest BCUT2D eigenvalue weighted by Gasteiger charge is 2.23. The topological polar surface area (TPSA) is 16.4 Å². The van der Waals surface area contributed by atoms with Crippen molar-refractivity contribution in [3.8, 4) is 22.3 Å². The number of benzene rings is 9. The molecule has 0 N–H and O–H groups in total. The van der Waals surface area contributed by atoms with Crippen molar-refractivity contribution in [1.82, 2.24) is 0 Å². The fourth-order valence-electron chi connectivity index (χ4n) is 8.18. The van der Waals surface area contributed by atoms with Crippen LogP contribution in [-0.2, 0) is 0 Å². The zero-order chi connectivity index (χ0) is 34.9. The third-order valence-corrected chi connectivity index (χ3v) is 11.8. The minimum Gasteiger partial charge on any atom is -0.455 e. The number of nitrogens with zero attached hydrogens (tertiary/aromatic N) is 1. The quantitative estimate of drug-likeness (QED) is 0.167. The summed E-state index contributed by atoms with van der Waals surface area (Å²) in [7, 11) is 0. The summed E-state index contributed by atoms with van der Waals surface area (Å²) >= 11 is 1.87. The van der Waals surface area contributed by atoms with Gasteiger partial charge in [0, 0.05) is 53.9 Å². The Morgan fingerprint density at radius 1 is 0.415 bits per heavy atom. The number of furan rings is 1. The fraction of sp³-hybridized carbons (Fsp3) is 0. The van der Waals surface area contributed by atoms with E-state index in [0.29, 0.717) is 0 Å². The van der Waals surface area contributed by atoms with Gasteiger partial charge in [0.05, 0.1) is 5.69 Å². The van der Waals surface area contributed by atoms with Crippen LogP contribution in [0.1, 0.15) is 0 Å². The van der Waals surface area contributed by atoms with Crippen molar-refractivity contribution < 1.29 is 4.42 Å². The molecule has 2 heterocycles. The molecule has 11 rings (SSSR count). The Hall–Kier alpha value is -6.68. The van der Waals surface area contributed by atoms with Crippen molar-refractivity contribution in [1.29, 1.82) is 0 Å². The standard InChI is InChI=1S/C50H31NOS/c1-3-12-32(13-4-1)40-19-11-20-43-42-27-25-37(31-46(42)52-49(40)43)51(36-24-26-39-35(30-36)23-22-34-16-7-8-17-38(34)39)45-29-28-41(33-14-5-2-6-15-33)50-48(45)44-18-9-10-21-47(44)53-50/h1-31H. The van der Waals surface area contributed by atoms with Crippen LogP contribution in [0.25, 0.3) is 85.9 Å². The van der Waals surface area contributed by atoms with Crippen molar-refractivity contribution in [3.05, 3.63) is 188 Å². The molecule has 0 saturated heterocycles. The number of hydrogen-bond acceptors (Lipinski definition) is 3. The van der Waals surface area contributed by atoms with E-state index < -0.39 is 0 Å². The van der Waals surface area contributed by atoms with E-state index in [-0.39, 0.29) is 0 Å². The highest BCUT2D eigenvalue weighted by Crippen LogP contribution is 2.49. The molecule has 2 aromatic heterocycles. The third kappa shape index (κ3) is 4.78. The van der Waals surface area contributed by atoms with Crippen LogP contribution >= 0.6 is 11.3 Å². The molecule has 0 aliphatic carbocycles. The Bertz CT molecular complexity index is 3180. The lowest BCUT2D eigenvalue weighted by molar-refractivity contribution is 0.670. The zero-order valence-corrected chi connectivity index (χ0v) is 29.5. The van der Waals surface area contributed by atoms with Crippen molar-refractivity contribution in [2.45, 2.75) is 0 Å². The molecule has 0 saturated carbocycles. The molecule has 0 spiro atoms. The smallest absolute Gasteiger partial charge is 0.143 e. The molecular weight excluding hydrogens is 663 g/mol. The molecule has 0 bridgehead atoms. The molecule has 0 atom stereocenters.